The summed E-state index contributed by atoms with van der Waals surface area (Å²) in [5.41, 5.74) is 18.1. The summed E-state index contributed by atoms with van der Waals surface area (Å²) >= 11 is 0. The lowest BCUT2D eigenvalue weighted by molar-refractivity contribution is -0.147. The van der Waals surface area contributed by atoms with Gasteiger partial charge < -0.3 is 19.4 Å². The van der Waals surface area contributed by atoms with Gasteiger partial charge in [-0.05, 0) is 53.8 Å². The van der Waals surface area contributed by atoms with Crippen molar-refractivity contribution < 1.29 is 29.0 Å². The summed E-state index contributed by atoms with van der Waals surface area (Å²) in [4.78, 5) is 39.4. The molecule has 0 heterocycles. The van der Waals surface area contributed by atoms with Crippen LogP contribution in [-0.2, 0) is 37.1 Å². The standard InChI is InChI=1S/C14H19N3O3.C14H17N3O3/c2*15-17-16-8-4-7-13(10-18)9-14(19)20-11-12-5-2-1-3-6-12/h1-3,5-6,13,18H,4,7-11H2;1-3,5-6,10,13H,4,7-9,11H2/t2*13-/m11/s1. The lowest BCUT2D eigenvalue weighted by atomic mass is 10.0. The highest BCUT2D eigenvalue weighted by atomic mass is 16.5. The molecular weight excluding hydrogens is 516 g/mol. The van der Waals surface area contributed by atoms with Gasteiger partial charge in [-0.3, -0.25) is 9.59 Å². The van der Waals surface area contributed by atoms with Crippen LogP contribution in [0.15, 0.2) is 70.9 Å². The van der Waals surface area contributed by atoms with Gasteiger partial charge in [-0.25, -0.2) is 0 Å². The molecule has 0 aliphatic heterocycles. The fourth-order valence-electron chi connectivity index (χ4n) is 3.48. The molecule has 2 aromatic carbocycles. The third-order valence-electron chi connectivity index (χ3n) is 5.65. The number of hydrogen-bond acceptors (Lipinski definition) is 8. The van der Waals surface area contributed by atoms with E-state index >= 15 is 0 Å². The summed E-state index contributed by atoms with van der Waals surface area (Å²) in [6, 6.07) is 18.8. The second-order valence-electron chi connectivity index (χ2n) is 8.84. The zero-order valence-electron chi connectivity index (χ0n) is 22.5. The van der Waals surface area contributed by atoms with E-state index in [0.29, 0.717) is 38.8 Å². The molecule has 12 nitrogen and oxygen atoms in total. The Bertz CT molecular complexity index is 1090. The van der Waals surface area contributed by atoms with E-state index in [-0.39, 0.29) is 50.5 Å². The van der Waals surface area contributed by atoms with Crippen LogP contribution in [0.3, 0.4) is 0 Å². The van der Waals surface area contributed by atoms with Crippen LogP contribution < -0.4 is 0 Å². The van der Waals surface area contributed by atoms with Crippen molar-refractivity contribution in [3.8, 4) is 0 Å². The van der Waals surface area contributed by atoms with Gasteiger partial charge in [-0.1, -0.05) is 70.9 Å². The van der Waals surface area contributed by atoms with Crippen molar-refractivity contribution in [2.45, 2.75) is 51.7 Å². The number of carbonyl (C=O) groups excluding carboxylic acids is 3. The predicted octanol–water partition coefficient (Wildman–Crippen LogP) is 5.84. The molecule has 0 saturated carbocycles. The van der Waals surface area contributed by atoms with Crippen LogP contribution in [0.2, 0.25) is 0 Å². The third-order valence-corrected chi connectivity index (χ3v) is 5.65. The Morgan fingerprint density at radius 2 is 1.27 bits per heavy atom. The van der Waals surface area contributed by atoms with Crippen LogP contribution in [0.4, 0.5) is 0 Å². The number of azide groups is 2. The zero-order chi connectivity index (χ0) is 29.3. The molecular formula is C28H36N6O6. The lowest BCUT2D eigenvalue weighted by Crippen LogP contribution is -2.15. The molecule has 2 atom stereocenters. The van der Waals surface area contributed by atoms with Gasteiger partial charge in [0.25, 0.3) is 0 Å². The van der Waals surface area contributed by atoms with E-state index in [1.165, 1.54) is 0 Å². The molecule has 0 aliphatic rings. The average Bonchev–Trinajstić information content (AvgIpc) is 2.99. The molecule has 0 fully saturated rings. The lowest BCUT2D eigenvalue weighted by Gasteiger charge is -2.12. The van der Waals surface area contributed by atoms with Crippen LogP contribution in [0.5, 0.6) is 0 Å². The SMILES string of the molecule is [N-]=[N+]=NCCC[C@@H](C=O)CC(=O)OCc1ccccc1.[N-]=[N+]=NCCC[C@@H](CO)CC(=O)OCc1ccccc1. The van der Waals surface area contributed by atoms with E-state index in [9.17, 15) is 19.5 Å². The third kappa shape index (κ3) is 17.2. The van der Waals surface area contributed by atoms with E-state index in [0.717, 1.165) is 17.4 Å². The van der Waals surface area contributed by atoms with Crippen LogP contribution in [0, 0.1) is 11.8 Å². The van der Waals surface area contributed by atoms with Crippen molar-refractivity contribution in [2.24, 2.45) is 22.1 Å². The maximum absolute atomic E-state index is 11.7. The van der Waals surface area contributed by atoms with Crippen molar-refractivity contribution in [1.82, 2.24) is 0 Å². The summed E-state index contributed by atoms with van der Waals surface area (Å²) in [6.45, 7) is 1.10. The van der Waals surface area contributed by atoms with Crippen molar-refractivity contribution in [1.29, 1.82) is 0 Å². The average molecular weight is 553 g/mol. The number of ether oxygens (including phenoxy) is 2. The van der Waals surface area contributed by atoms with Gasteiger partial charge >= 0.3 is 11.9 Å². The number of nitrogens with zero attached hydrogens (tertiary/aromatic N) is 6. The molecule has 0 amide bonds. The fourth-order valence-corrected chi connectivity index (χ4v) is 3.48. The van der Waals surface area contributed by atoms with Crippen LogP contribution >= 0.6 is 0 Å². The minimum Gasteiger partial charge on any atom is -0.461 e. The number of aliphatic hydroxyl groups excluding tert-OH is 1. The normalized spacial score (nSPS) is 11.3. The van der Waals surface area contributed by atoms with Crippen LogP contribution in [0.25, 0.3) is 20.9 Å². The Morgan fingerprint density at radius 1 is 0.800 bits per heavy atom. The van der Waals surface area contributed by atoms with Crippen molar-refractivity contribution in [3.63, 3.8) is 0 Å². The zero-order valence-corrected chi connectivity index (χ0v) is 22.5. The Morgan fingerprint density at radius 3 is 1.73 bits per heavy atom. The summed E-state index contributed by atoms with van der Waals surface area (Å²) in [5.74, 6) is -1.24. The summed E-state index contributed by atoms with van der Waals surface area (Å²) < 4.78 is 10.3. The molecule has 0 bridgehead atoms. The van der Waals surface area contributed by atoms with Gasteiger partial charge in [0, 0.05) is 35.4 Å². The Labute approximate surface area is 233 Å². The van der Waals surface area contributed by atoms with E-state index < -0.39 is 5.97 Å². The number of carbonyl (C=O) groups is 3. The number of hydrogen-bond donors (Lipinski definition) is 1. The largest absolute Gasteiger partial charge is 0.461 e. The van der Waals surface area contributed by atoms with Crippen LogP contribution in [0.1, 0.15) is 49.7 Å². The maximum Gasteiger partial charge on any atom is 0.306 e. The van der Waals surface area contributed by atoms with Gasteiger partial charge in [0.2, 0.25) is 0 Å². The highest BCUT2D eigenvalue weighted by Gasteiger charge is 2.15. The quantitative estimate of drug-likeness (QED) is 0.0603. The highest BCUT2D eigenvalue weighted by molar-refractivity contribution is 5.73. The Balaban J connectivity index is 0.000000400. The van der Waals surface area contributed by atoms with Crippen molar-refractivity contribution in [3.05, 3.63) is 92.7 Å². The van der Waals surface area contributed by atoms with Gasteiger partial charge in [0.05, 0.1) is 12.8 Å². The fraction of sp³-hybridized carbons (Fsp3) is 0.464. The van der Waals surface area contributed by atoms with E-state index in [4.69, 9.17) is 20.5 Å². The molecule has 0 radical (unpaired) electrons. The first-order valence-corrected chi connectivity index (χ1v) is 13.0. The maximum atomic E-state index is 11.7. The van der Waals surface area contributed by atoms with Crippen molar-refractivity contribution in [2.75, 3.05) is 19.7 Å². The minimum atomic E-state index is -0.394. The predicted molar refractivity (Wildman–Crippen MR) is 148 cm³/mol. The second-order valence-corrected chi connectivity index (χ2v) is 8.84. The van der Waals surface area contributed by atoms with Gasteiger partial charge in [-0.15, -0.1) is 0 Å². The molecule has 2 aromatic rings. The molecule has 1 N–H and O–H groups in total. The first-order chi connectivity index (χ1) is 19.5. The first kappa shape index (κ1) is 33.7. The first-order valence-electron chi connectivity index (χ1n) is 13.0. The monoisotopic (exact) mass is 552 g/mol. The smallest absolute Gasteiger partial charge is 0.306 e. The Hall–Kier alpha value is -4.37. The molecule has 12 heteroatoms. The van der Waals surface area contributed by atoms with Crippen LogP contribution in [-0.4, -0.2) is 43.0 Å². The molecule has 2 rings (SSSR count). The van der Waals surface area contributed by atoms with Gasteiger partial charge in [0.1, 0.15) is 19.5 Å². The molecule has 0 aromatic heterocycles. The molecule has 0 aliphatic carbocycles. The van der Waals surface area contributed by atoms with E-state index in [1.807, 2.05) is 60.7 Å². The number of aliphatic hydroxyl groups is 1. The van der Waals surface area contributed by atoms with Gasteiger partial charge in [-0.2, -0.15) is 0 Å². The molecule has 40 heavy (non-hydrogen) atoms. The molecule has 0 spiro atoms. The summed E-state index contributed by atoms with van der Waals surface area (Å²) in [7, 11) is 0. The summed E-state index contributed by atoms with van der Waals surface area (Å²) in [5, 5.41) is 16.0. The second kappa shape index (κ2) is 22.6. The topological polar surface area (TPSA) is 187 Å². The minimum absolute atomic E-state index is 0.0621. The number of aldehydes is 1. The van der Waals surface area contributed by atoms with Gasteiger partial charge in [0.15, 0.2) is 0 Å². The Kier molecular flexibility index (Phi) is 19.0. The van der Waals surface area contributed by atoms with E-state index in [2.05, 4.69) is 20.1 Å². The molecule has 0 unspecified atom stereocenters. The molecule has 214 valence electrons. The highest BCUT2D eigenvalue weighted by Crippen LogP contribution is 2.13. The summed E-state index contributed by atoms with van der Waals surface area (Å²) in [6.07, 6.45) is 3.38. The number of rotatable bonds is 18. The number of benzene rings is 2. The number of esters is 2. The van der Waals surface area contributed by atoms with Crippen molar-refractivity contribution >= 4 is 18.2 Å². The van der Waals surface area contributed by atoms with E-state index in [1.54, 1.807) is 0 Å². The molecule has 0 saturated heterocycles.